The number of ether oxygens (including phenoxy) is 1. The zero-order chi connectivity index (χ0) is 14.4. The summed E-state index contributed by atoms with van der Waals surface area (Å²) in [6, 6.07) is 7.49. The van der Waals surface area contributed by atoms with Crippen LogP contribution in [0.3, 0.4) is 0 Å². The van der Waals surface area contributed by atoms with E-state index in [1.807, 2.05) is 7.11 Å². The molecular formula is C18H29NO. The summed E-state index contributed by atoms with van der Waals surface area (Å²) in [7, 11) is 1.83. The van der Waals surface area contributed by atoms with Crippen molar-refractivity contribution in [2.75, 3.05) is 13.7 Å². The third-order valence-electron chi connectivity index (χ3n) is 4.43. The second-order valence-electron chi connectivity index (χ2n) is 5.90. The predicted octanol–water partition coefficient (Wildman–Crippen LogP) is 3.51. The molecule has 2 heteroatoms. The fourth-order valence-corrected chi connectivity index (χ4v) is 3.29. The summed E-state index contributed by atoms with van der Waals surface area (Å²) in [5.74, 6) is 0. The smallest absolute Gasteiger partial charge is 0.0724 e. The minimum Gasteiger partial charge on any atom is -0.380 e. The van der Waals surface area contributed by atoms with Crippen LogP contribution >= 0.6 is 0 Å². The monoisotopic (exact) mass is 275 g/mol. The van der Waals surface area contributed by atoms with E-state index >= 15 is 0 Å². The van der Waals surface area contributed by atoms with Crippen molar-refractivity contribution in [3.05, 3.63) is 34.9 Å². The lowest BCUT2D eigenvalue weighted by Gasteiger charge is -2.26. The minimum atomic E-state index is 0.301. The highest BCUT2D eigenvalue weighted by atomic mass is 16.5. The van der Waals surface area contributed by atoms with Gasteiger partial charge in [0.15, 0.2) is 0 Å². The zero-order valence-electron chi connectivity index (χ0n) is 13.2. The molecule has 1 aliphatic carbocycles. The first-order valence-corrected chi connectivity index (χ1v) is 8.15. The van der Waals surface area contributed by atoms with Crippen molar-refractivity contribution in [2.24, 2.45) is 0 Å². The van der Waals surface area contributed by atoms with Crippen molar-refractivity contribution in [1.82, 2.24) is 5.32 Å². The molecule has 2 nitrogen and oxygen atoms in total. The minimum absolute atomic E-state index is 0.301. The van der Waals surface area contributed by atoms with Crippen molar-refractivity contribution < 1.29 is 4.74 Å². The van der Waals surface area contributed by atoms with Gasteiger partial charge in [-0.1, -0.05) is 32.0 Å². The van der Waals surface area contributed by atoms with Gasteiger partial charge in [-0.05, 0) is 61.8 Å². The molecule has 0 spiro atoms. The Kier molecular flexibility index (Phi) is 6.06. The van der Waals surface area contributed by atoms with Gasteiger partial charge in [0.25, 0.3) is 0 Å². The van der Waals surface area contributed by atoms with Crippen LogP contribution in [0.1, 0.15) is 49.8 Å². The Bertz CT molecular complexity index is 412. The second-order valence-corrected chi connectivity index (χ2v) is 5.90. The Morgan fingerprint density at radius 3 is 2.70 bits per heavy atom. The van der Waals surface area contributed by atoms with Gasteiger partial charge in [0.05, 0.1) is 6.10 Å². The molecule has 0 aromatic heterocycles. The SMILES string of the molecule is CCCNC(Cc1ccc2c(c1)CCC2)C(CC)OC. The van der Waals surface area contributed by atoms with E-state index in [4.69, 9.17) is 4.74 Å². The number of aryl methyl sites for hydroxylation is 2. The number of rotatable bonds is 8. The van der Waals surface area contributed by atoms with E-state index in [0.717, 1.165) is 19.4 Å². The summed E-state index contributed by atoms with van der Waals surface area (Å²) in [5, 5.41) is 3.66. The Labute approximate surface area is 123 Å². The molecule has 20 heavy (non-hydrogen) atoms. The van der Waals surface area contributed by atoms with E-state index < -0.39 is 0 Å². The Morgan fingerprint density at radius 2 is 2.00 bits per heavy atom. The highest BCUT2D eigenvalue weighted by Gasteiger charge is 2.20. The van der Waals surface area contributed by atoms with Gasteiger partial charge in [-0.15, -0.1) is 0 Å². The van der Waals surface area contributed by atoms with Crippen molar-refractivity contribution >= 4 is 0 Å². The largest absolute Gasteiger partial charge is 0.380 e. The summed E-state index contributed by atoms with van der Waals surface area (Å²) in [5.41, 5.74) is 4.59. The van der Waals surface area contributed by atoms with Crippen LogP contribution in [0, 0.1) is 0 Å². The number of benzene rings is 1. The molecule has 0 saturated carbocycles. The molecule has 1 N–H and O–H groups in total. The number of fused-ring (bicyclic) bond motifs is 1. The lowest BCUT2D eigenvalue weighted by Crippen LogP contribution is -2.42. The van der Waals surface area contributed by atoms with Gasteiger partial charge in [0, 0.05) is 13.2 Å². The maximum absolute atomic E-state index is 5.66. The molecule has 0 fully saturated rings. The predicted molar refractivity (Wildman–Crippen MR) is 85.3 cm³/mol. The van der Waals surface area contributed by atoms with Gasteiger partial charge in [0.2, 0.25) is 0 Å². The molecule has 0 radical (unpaired) electrons. The third kappa shape index (κ3) is 3.83. The van der Waals surface area contributed by atoms with Crippen LogP contribution in [0.5, 0.6) is 0 Å². The fourth-order valence-electron chi connectivity index (χ4n) is 3.29. The normalized spacial score (nSPS) is 16.9. The van der Waals surface area contributed by atoms with E-state index in [0.29, 0.717) is 12.1 Å². The van der Waals surface area contributed by atoms with Crippen LogP contribution in [-0.4, -0.2) is 25.8 Å². The topological polar surface area (TPSA) is 21.3 Å². The Hall–Kier alpha value is -0.860. The first kappa shape index (κ1) is 15.5. The van der Waals surface area contributed by atoms with E-state index in [2.05, 4.69) is 37.4 Å². The van der Waals surface area contributed by atoms with Crippen molar-refractivity contribution in [3.8, 4) is 0 Å². The number of methoxy groups -OCH3 is 1. The standard InChI is InChI=1S/C18H29NO/c1-4-11-19-17(18(5-2)20-3)13-14-9-10-15-7-6-8-16(15)12-14/h9-10,12,17-19H,4-8,11,13H2,1-3H3. The molecular weight excluding hydrogens is 246 g/mol. The lowest BCUT2D eigenvalue weighted by molar-refractivity contribution is 0.0653. The highest BCUT2D eigenvalue weighted by Crippen LogP contribution is 2.24. The van der Waals surface area contributed by atoms with Crippen LogP contribution < -0.4 is 5.32 Å². The zero-order valence-corrected chi connectivity index (χ0v) is 13.2. The van der Waals surface area contributed by atoms with Crippen molar-refractivity contribution in [1.29, 1.82) is 0 Å². The average molecular weight is 275 g/mol. The molecule has 1 aliphatic rings. The van der Waals surface area contributed by atoms with Crippen LogP contribution in [0.4, 0.5) is 0 Å². The molecule has 0 bridgehead atoms. The molecule has 2 atom stereocenters. The summed E-state index contributed by atoms with van der Waals surface area (Å²) in [6.07, 6.45) is 7.45. The fraction of sp³-hybridized carbons (Fsp3) is 0.667. The van der Waals surface area contributed by atoms with Gasteiger partial charge < -0.3 is 10.1 Å². The summed E-state index contributed by atoms with van der Waals surface area (Å²) in [4.78, 5) is 0. The van der Waals surface area contributed by atoms with Crippen molar-refractivity contribution in [2.45, 2.75) is 64.5 Å². The summed E-state index contributed by atoms with van der Waals surface area (Å²) >= 11 is 0. The average Bonchev–Trinajstić information content (AvgIpc) is 2.93. The quantitative estimate of drug-likeness (QED) is 0.784. The molecule has 1 aromatic carbocycles. The highest BCUT2D eigenvalue weighted by molar-refractivity contribution is 5.35. The molecule has 0 amide bonds. The molecule has 0 heterocycles. The number of nitrogens with one attached hydrogen (secondary N) is 1. The maximum atomic E-state index is 5.66. The van der Waals surface area contributed by atoms with Gasteiger partial charge in [-0.25, -0.2) is 0 Å². The van der Waals surface area contributed by atoms with Crippen LogP contribution in [0.25, 0.3) is 0 Å². The van der Waals surface area contributed by atoms with Gasteiger partial charge >= 0.3 is 0 Å². The Morgan fingerprint density at radius 1 is 1.20 bits per heavy atom. The third-order valence-corrected chi connectivity index (χ3v) is 4.43. The first-order valence-electron chi connectivity index (χ1n) is 8.15. The van der Waals surface area contributed by atoms with Gasteiger partial charge in [0.1, 0.15) is 0 Å². The van der Waals surface area contributed by atoms with E-state index in [1.54, 1.807) is 11.1 Å². The van der Waals surface area contributed by atoms with Crippen LogP contribution in [0.15, 0.2) is 18.2 Å². The molecule has 0 aliphatic heterocycles. The molecule has 1 aromatic rings. The first-order chi connectivity index (χ1) is 9.78. The van der Waals surface area contributed by atoms with E-state index in [9.17, 15) is 0 Å². The maximum Gasteiger partial charge on any atom is 0.0724 e. The van der Waals surface area contributed by atoms with Crippen LogP contribution in [-0.2, 0) is 24.0 Å². The number of hydrogen-bond acceptors (Lipinski definition) is 2. The summed E-state index contributed by atoms with van der Waals surface area (Å²) in [6.45, 7) is 5.49. The molecule has 112 valence electrons. The van der Waals surface area contributed by atoms with E-state index in [-0.39, 0.29) is 0 Å². The van der Waals surface area contributed by atoms with E-state index in [1.165, 1.54) is 31.2 Å². The second kappa shape index (κ2) is 7.80. The van der Waals surface area contributed by atoms with Gasteiger partial charge in [-0.2, -0.15) is 0 Å². The van der Waals surface area contributed by atoms with Crippen molar-refractivity contribution in [3.63, 3.8) is 0 Å². The number of hydrogen-bond donors (Lipinski definition) is 1. The lowest BCUT2D eigenvalue weighted by atomic mass is 9.97. The summed E-state index contributed by atoms with van der Waals surface area (Å²) < 4.78 is 5.66. The molecule has 0 saturated heterocycles. The van der Waals surface area contributed by atoms with Gasteiger partial charge in [-0.3, -0.25) is 0 Å². The molecule has 2 rings (SSSR count). The Balaban J connectivity index is 2.06. The van der Waals surface area contributed by atoms with Crippen LogP contribution in [0.2, 0.25) is 0 Å². The molecule has 2 unspecified atom stereocenters.